The smallest absolute Gasteiger partial charge is 0.130 e. The number of hydrogen-bond acceptors (Lipinski definition) is 0. The van der Waals surface area contributed by atoms with E-state index in [9.17, 15) is 8.78 Å². The molecule has 2 heteroatoms. The SMILES string of the molecule is C=C(F)/C=C\C(=C)C(=C)/C(F)=C\C(=C)C. The highest BCUT2D eigenvalue weighted by atomic mass is 19.1. The van der Waals surface area contributed by atoms with Gasteiger partial charge in [0, 0.05) is 5.57 Å². The minimum Gasteiger partial charge on any atom is -0.208 e. The number of allylic oxidation sites excluding steroid dienone is 8. The normalized spacial score (nSPS) is 11.5. The van der Waals surface area contributed by atoms with E-state index < -0.39 is 11.7 Å². The van der Waals surface area contributed by atoms with Gasteiger partial charge < -0.3 is 0 Å². The third-order valence-corrected chi connectivity index (χ3v) is 1.51. The van der Waals surface area contributed by atoms with Crippen molar-refractivity contribution < 1.29 is 8.78 Å². The van der Waals surface area contributed by atoms with Crippen LogP contribution in [-0.2, 0) is 0 Å². The summed E-state index contributed by atoms with van der Waals surface area (Å²) in [5.74, 6) is -1.14. The molecule has 0 nitrogen and oxygen atoms in total. The molecule has 0 aromatic rings. The van der Waals surface area contributed by atoms with E-state index in [-0.39, 0.29) is 5.57 Å². The second-order valence-electron chi connectivity index (χ2n) is 3.12. The van der Waals surface area contributed by atoms with Gasteiger partial charge in [-0.05, 0) is 24.6 Å². The van der Waals surface area contributed by atoms with Gasteiger partial charge in [-0.3, -0.25) is 0 Å². The fourth-order valence-corrected chi connectivity index (χ4v) is 0.748. The van der Waals surface area contributed by atoms with E-state index >= 15 is 0 Å². The summed E-state index contributed by atoms with van der Waals surface area (Å²) in [5.41, 5.74) is 0.972. The van der Waals surface area contributed by atoms with Crippen molar-refractivity contribution in [2.45, 2.75) is 6.92 Å². The Morgan fingerprint density at radius 1 is 1.00 bits per heavy atom. The maximum Gasteiger partial charge on any atom is 0.130 e. The summed E-state index contributed by atoms with van der Waals surface area (Å²) in [6, 6.07) is 0. The predicted molar refractivity (Wildman–Crippen MR) is 61.7 cm³/mol. The van der Waals surface area contributed by atoms with Crippen molar-refractivity contribution in [3.63, 3.8) is 0 Å². The standard InChI is InChI=1S/C13H14F2/c1-9(2)8-13(15)12(5)10(3)6-7-11(4)14/h6-8H,1,3-5H2,2H3/b7-6-,13-8+. The molecule has 0 heterocycles. The molecule has 0 unspecified atom stereocenters. The number of hydrogen-bond donors (Lipinski definition) is 0. The van der Waals surface area contributed by atoms with E-state index in [1.165, 1.54) is 12.2 Å². The van der Waals surface area contributed by atoms with Crippen molar-refractivity contribution in [1.29, 1.82) is 0 Å². The molecule has 0 amide bonds. The summed E-state index contributed by atoms with van der Waals surface area (Å²) in [7, 11) is 0. The van der Waals surface area contributed by atoms with Gasteiger partial charge in [0.25, 0.3) is 0 Å². The van der Waals surface area contributed by atoms with Crippen LogP contribution in [0.25, 0.3) is 0 Å². The monoisotopic (exact) mass is 208 g/mol. The highest BCUT2D eigenvalue weighted by Gasteiger charge is 2.03. The maximum absolute atomic E-state index is 13.3. The van der Waals surface area contributed by atoms with E-state index in [0.29, 0.717) is 11.1 Å². The molecule has 0 aliphatic heterocycles. The first kappa shape index (κ1) is 13.3. The van der Waals surface area contributed by atoms with E-state index in [1.807, 2.05) is 0 Å². The molecule has 0 N–H and O–H groups in total. The van der Waals surface area contributed by atoms with Crippen LogP contribution in [0, 0.1) is 0 Å². The Hall–Kier alpha value is -1.70. The maximum atomic E-state index is 13.3. The zero-order valence-corrected chi connectivity index (χ0v) is 8.82. The lowest BCUT2D eigenvalue weighted by Gasteiger charge is -2.02. The third kappa shape index (κ3) is 5.57. The van der Waals surface area contributed by atoms with Crippen molar-refractivity contribution in [3.05, 3.63) is 72.9 Å². The van der Waals surface area contributed by atoms with Crippen molar-refractivity contribution in [2.75, 3.05) is 0 Å². The molecule has 0 atom stereocenters. The molecule has 0 aliphatic rings. The topological polar surface area (TPSA) is 0 Å². The van der Waals surface area contributed by atoms with Crippen molar-refractivity contribution in [3.8, 4) is 0 Å². The fourth-order valence-electron chi connectivity index (χ4n) is 0.748. The highest BCUT2D eigenvalue weighted by Crippen LogP contribution is 2.20. The minimum absolute atomic E-state index is 0.107. The van der Waals surface area contributed by atoms with Crippen LogP contribution in [0.4, 0.5) is 8.78 Å². The Labute approximate surface area is 89.3 Å². The molecule has 0 bridgehead atoms. The Kier molecular flexibility index (Phi) is 5.24. The fraction of sp³-hybridized carbons (Fsp3) is 0.0769. The van der Waals surface area contributed by atoms with Gasteiger partial charge in [0.15, 0.2) is 0 Å². The molecule has 0 radical (unpaired) electrons. The van der Waals surface area contributed by atoms with Gasteiger partial charge in [0.05, 0.1) is 0 Å². The van der Waals surface area contributed by atoms with Gasteiger partial charge in [-0.2, -0.15) is 0 Å². The van der Waals surface area contributed by atoms with Crippen molar-refractivity contribution >= 4 is 0 Å². The van der Waals surface area contributed by atoms with Crippen molar-refractivity contribution in [2.24, 2.45) is 0 Å². The first-order chi connectivity index (χ1) is 6.84. The average molecular weight is 208 g/mol. The molecule has 0 saturated carbocycles. The van der Waals surface area contributed by atoms with E-state index in [1.54, 1.807) is 6.92 Å². The second kappa shape index (κ2) is 5.91. The quantitative estimate of drug-likeness (QED) is 0.580. The Bertz CT molecular complexity index is 368. The lowest BCUT2D eigenvalue weighted by atomic mass is 10.1. The van der Waals surface area contributed by atoms with Crippen molar-refractivity contribution in [1.82, 2.24) is 0 Å². The summed E-state index contributed by atoms with van der Waals surface area (Å²) in [5, 5.41) is 0. The van der Waals surface area contributed by atoms with E-state index in [0.717, 1.165) is 6.08 Å². The van der Waals surface area contributed by atoms with Gasteiger partial charge in [-0.1, -0.05) is 38.0 Å². The molecule has 0 spiro atoms. The molecule has 0 rings (SSSR count). The summed E-state index contributed by atoms with van der Waals surface area (Å²) >= 11 is 0. The van der Waals surface area contributed by atoms with Gasteiger partial charge in [-0.15, -0.1) is 0 Å². The summed E-state index contributed by atoms with van der Waals surface area (Å²) in [6.07, 6.45) is 3.66. The third-order valence-electron chi connectivity index (χ3n) is 1.51. The van der Waals surface area contributed by atoms with Crippen LogP contribution < -0.4 is 0 Å². The van der Waals surface area contributed by atoms with Crippen LogP contribution in [0.5, 0.6) is 0 Å². The molecule has 0 aromatic carbocycles. The average Bonchev–Trinajstić information content (AvgIpc) is 2.11. The predicted octanol–water partition coefficient (Wildman–Crippen LogP) is 4.57. The first-order valence-corrected chi connectivity index (χ1v) is 4.28. The number of halogens is 2. The Morgan fingerprint density at radius 3 is 1.93 bits per heavy atom. The van der Waals surface area contributed by atoms with Crippen LogP contribution in [0.15, 0.2) is 72.9 Å². The summed E-state index contributed by atoms with van der Waals surface area (Å²) < 4.78 is 25.6. The van der Waals surface area contributed by atoms with E-state index in [4.69, 9.17) is 0 Å². The van der Waals surface area contributed by atoms with Gasteiger partial charge in [0.2, 0.25) is 0 Å². The minimum atomic E-state index is -0.617. The number of rotatable bonds is 5. The molecule has 0 aromatic heterocycles. The summed E-state index contributed by atoms with van der Waals surface area (Å²) in [6.45, 7) is 15.3. The van der Waals surface area contributed by atoms with Gasteiger partial charge in [-0.25, -0.2) is 8.78 Å². The molecule has 15 heavy (non-hydrogen) atoms. The van der Waals surface area contributed by atoms with Crippen LogP contribution in [0.1, 0.15) is 6.92 Å². The Balaban J connectivity index is 4.67. The lowest BCUT2D eigenvalue weighted by Crippen LogP contribution is -1.85. The van der Waals surface area contributed by atoms with E-state index in [2.05, 4.69) is 26.3 Å². The first-order valence-electron chi connectivity index (χ1n) is 4.28. The zero-order valence-electron chi connectivity index (χ0n) is 8.82. The highest BCUT2D eigenvalue weighted by molar-refractivity contribution is 5.48. The molecule has 80 valence electrons. The van der Waals surface area contributed by atoms with Crippen LogP contribution in [0.2, 0.25) is 0 Å². The zero-order chi connectivity index (χ0) is 12.0. The Morgan fingerprint density at radius 2 is 1.53 bits per heavy atom. The van der Waals surface area contributed by atoms with Crippen LogP contribution in [-0.4, -0.2) is 0 Å². The van der Waals surface area contributed by atoms with Gasteiger partial charge >= 0.3 is 0 Å². The largest absolute Gasteiger partial charge is 0.208 e. The molecule has 0 saturated heterocycles. The van der Waals surface area contributed by atoms with Crippen LogP contribution >= 0.6 is 0 Å². The lowest BCUT2D eigenvalue weighted by molar-refractivity contribution is 0.654. The van der Waals surface area contributed by atoms with Gasteiger partial charge in [0.1, 0.15) is 11.7 Å². The van der Waals surface area contributed by atoms with Crippen LogP contribution in [0.3, 0.4) is 0 Å². The molecular formula is C13H14F2. The summed E-state index contributed by atoms with van der Waals surface area (Å²) in [4.78, 5) is 0. The molecule has 0 fully saturated rings. The molecular weight excluding hydrogens is 194 g/mol. The molecule has 0 aliphatic carbocycles. The second-order valence-corrected chi connectivity index (χ2v) is 3.12.